The Morgan fingerprint density at radius 1 is 1.00 bits per heavy atom. The molecule has 0 spiro atoms. The van der Waals surface area contributed by atoms with Crippen molar-refractivity contribution in [1.29, 1.82) is 0 Å². The first-order chi connectivity index (χ1) is 15.1. The van der Waals surface area contributed by atoms with Crippen LogP contribution in [-0.2, 0) is 19.5 Å². The van der Waals surface area contributed by atoms with Crippen molar-refractivity contribution in [1.82, 2.24) is 0 Å². The van der Waals surface area contributed by atoms with Gasteiger partial charge >= 0.3 is 11.9 Å². The maximum Gasteiger partial charge on any atom is 0.338 e. The van der Waals surface area contributed by atoms with E-state index in [0.29, 0.717) is 22.3 Å². The number of methoxy groups -OCH3 is 1. The summed E-state index contributed by atoms with van der Waals surface area (Å²) in [6, 6.07) is 13.9. The molecule has 3 rings (SSSR count). The molecule has 2 aromatic carbocycles. The minimum atomic E-state index is -3.93. The fourth-order valence-corrected chi connectivity index (χ4v) is 5.59. The van der Waals surface area contributed by atoms with E-state index in [0.717, 1.165) is 11.3 Å². The van der Waals surface area contributed by atoms with Gasteiger partial charge in [0.2, 0.25) is 0 Å². The molecule has 1 N–H and O–H groups in total. The first kappa shape index (κ1) is 23.8. The van der Waals surface area contributed by atoms with Crippen LogP contribution in [0.5, 0.6) is 0 Å². The number of sulfonamides is 1. The van der Waals surface area contributed by atoms with E-state index >= 15 is 0 Å². The molecule has 0 radical (unpaired) electrons. The lowest BCUT2D eigenvalue weighted by Crippen LogP contribution is -2.12. The van der Waals surface area contributed by atoms with Crippen molar-refractivity contribution in [2.75, 3.05) is 11.8 Å². The molecule has 0 aliphatic rings. The molecule has 0 aliphatic heterocycles. The highest BCUT2D eigenvalue weighted by Gasteiger charge is 2.21. The molecule has 0 fully saturated rings. The zero-order valence-electron chi connectivity index (χ0n) is 17.4. The summed E-state index contributed by atoms with van der Waals surface area (Å²) in [7, 11) is -2.66. The van der Waals surface area contributed by atoms with Crippen molar-refractivity contribution >= 4 is 50.6 Å². The van der Waals surface area contributed by atoms with Crippen LogP contribution >= 0.6 is 22.9 Å². The Morgan fingerprint density at radius 2 is 1.69 bits per heavy atom. The quantitative estimate of drug-likeness (QED) is 0.453. The fourth-order valence-electron chi connectivity index (χ4n) is 2.77. The lowest BCUT2D eigenvalue weighted by atomic mass is 10.1. The van der Waals surface area contributed by atoms with Gasteiger partial charge < -0.3 is 9.47 Å². The lowest BCUT2D eigenvalue weighted by molar-refractivity contribution is 0.0377. The van der Waals surface area contributed by atoms with Gasteiger partial charge in [0.1, 0.15) is 8.55 Å². The van der Waals surface area contributed by atoms with Crippen LogP contribution in [0, 0.1) is 0 Å². The third kappa shape index (κ3) is 5.48. The largest absolute Gasteiger partial charge is 0.465 e. The molecule has 1 aromatic heterocycles. The molecule has 0 aliphatic carbocycles. The number of hydrogen-bond acceptors (Lipinski definition) is 7. The number of carbonyl (C=O) groups excluding carboxylic acids is 2. The van der Waals surface area contributed by atoms with E-state index in [2.05, 4.69) is 9.46 Å². The van der Waals surface area contributed by atoms with Crippen molar-refractivity contribution in [3.8, 4) is 11.1 Å². The average molecular weight is 494 g/mol. The summed E-state index contributed by atoms with van der Waals surface area (Å²) in [4.78, 5) is 23.7. The summed E-state index contributed by atoms with van der Waals surface area (Å²) in [5.74, 6) is -0.994. The SMILES string of the molecule is COC(=O)c1ccc(NS(=O)(=O)c2cc(-c3cccc(C(=O)OC(C)C)c3)c(Cl)s2)cc1. The van der Waals surface area contributed by atoms with Crippen LogP contribution in [0.15, 0.2) is 58.8 Å². The van der Waals surface area contributed by atoms with Crippen LogP contribution in [-0.4, -0.2) is 33.6 Å². The van der Waals surface area contributed by atoms with Gasteiger partial charge in [-0.1, -0.05) is 23.7 Å². The van der Waals surface area contributed by atoms with Gasteiger partial charge in [0.15, 0.2) is 0 Å². The first-order valence-electron chi connectivity index (χ1n) is 9.42. The summed E-state index contributed by atoms with van der Waals surface area (Å²) in [5, 5.41) is 0. The van der Waals surface area contributed by atoms with Gasteiger partial charge in [0.05, 0.1) is 24.3 Å². The molecule has 0 saturated carbocycles. The fraction of sp³-hybridized carbons (Fsp3) is 0.182. The number of benzene rings is 2. The van der Waals surface area contributed by atoms with Gasteiger partial charge in [0, 0.05) is 11.3 Å². The Morgan fingerprint density at radius 3 is 2.31 bits per heavy atom. The Bertz CT molecular complexity index is 1250. The van der Waals surface area contributed by atoms with Crippen LogP contribution in [0.2, 0.25) is 4.34 Å². The smallest absolute Gasteiger partial charge is 0.338 e. The molecule has 168 valence electrons. The van der Waals surface area contributed by atoms with E-state index in [4.69, 9.17) is 16.3 Å². The van der Waals surface area contributed by atoms with Crippen LogP contribution in [0.1, 0.15) is 34.6 Å². The maximum absolute atomic E-state index is 12.8. The molecule has 0 saturated heterocycles. The molecule has 0 atom stereocenters. The number of carbonyl (C=O) groups is 2. The number of thiophene rings is 1. The van der Waals surface area contributed by atoms with Crippen LogP contribution in [0.3, 0.4) is 0 Å². The number of rotatable bonds is 7. The highest BCUT2D eigenvalue weighted by Crippen LogP contribution is 2.38. The minimum absolute atomic E-state index is 0.00436. The molecular weight excluding hydrogens is 474 g/mol. The van der Waals surface area contributed by atoms with Gasteiger partial charge in [-0.2, -0.15) is 0 Å². The van der Waals surface area contributed by atoms with E-state index in [1.54, 1.807) is 38.1 Å². The van der Waals surface area contributed by atoms with E-state index in [1.807, 2.05) is 0 Å². The van der Waals surface area contributed by atoms with Crippen LogP contribution in [0.4, 0.5) is 5.69 Å². The maximum atomic E-state index is 12.8. The monoisotopic (exact) mass is 493 g/mol. The molecule has 0 amide bonds. The highest BCUT2D eigenvalue weighted by molar-refractivity contribution is 7.94. The van der Waals surface area contributed by atoms with Crippen molar-refractivity contribution in [2.45, 2.75) is 24.2 Å². The summed E-state index contributed by atoms with van der Waals surface area (Å²) in [6.45, 7) is 3.51. The van der Waals surface area contributed by atoms with Gasteiger partial charge in [-0.3, -0.25) is 4.72 Å². The number of ether oxygens (including phenoxy) is 2. The summed E-state index contributed by atoms with van der Waals surface area (Å²) in [6.07, 6.45) is -0.264. The number of anilines is 1. The molecule has 10 heteroatoms. The highest BCUT2D eigenvalue weighted by atomic mass is 35.5. The first-order valence-corrected chi connectivity index (χ1v) is 12.1. The summed E-state index contributed by atoms with van der Waals surface area (Å²) < 4.78 is 38.3. The number of esters is 2. The Kier molecular flexibility index (Phi) is 7.22. The zero-order valence-corrected chi connectivity index (χ0v) is 19.8. The van der Waals surface area contributed by atoms with E-state index in [-0.39, 0.29) is 20.3 Å². The molecule has 32 heavy (non-hydrogen) atoms. The van der Waals surface area contributed by atoms with Gasteiger partial charge in [0.25, 0.3) is 10.0 Å². The number of hydrogen-bond donors (Lipinski definition) is 1. The topological polar surface area (TPSA) is 98.8 Å². The third-order valence-electron chi connectivity index (χ3n) is 4.24. The van der Waals surface area contributed by atoms with E-state index < -0.39 is 22.0 Å². The summed E-state index contributed by atoms with van der Waals surface area (Å²) >= 11 is 7.23. The van der Waals surface area contributed by atoms with Gasteiger partial charge in [-0.05, 0) is 61.9 Å². The Labute approximate surface area is 195 Å². The van der Waals surface area contributed by atoms with Gasteiger partial charge in [-0.15, -0.1) is 11.3 Å². The zero-order chi connectivity index (χ0) is 23.5. The van der Waals surface area contributed by atoms with Crippen LogP contribution in [0.25, 0.3) is 11.1 Å². The minimum Gasteiger partial charge on any atom is -0.465 e. The second kappa shape index (κ2) is 9.72. The lowest BCUT2D eigenvalue weighted by Gasteiger charge is -2.09. The molecule has 0 bridgehead atoms. The summed E-state index contributed by atoms with van der Waals surface area (Å²) in [5.41, 5.74) is 1.99. The number of nitrogens with one attached hydrogen (secondary N) is 1. The van der Waals surface area contributed by atoms with Crippen molar-refractivity contribution < 1.29 is 27.5 Å². The van der Waals surface area contributed by atoms with Crippen LogP contribution < -0.4 is 4.72 Å². The molecule has 0 unspecified atom stereocenters. The predicted octanol–water partition coefficient (Wildman–Crippen LogP) is 5.22. The molecular formula is C22H20ClNO6S2. The second-order valence-electron chi connectivity index (χ2n) is 6.96. The molecule has 1 heterocycles. The third-order valence-corrected chi connectivity index (χ3v) is 7.45. The van der Waals surface area contributed by atoms with E-state index in [1.165, 1.54) is 37.4 Å². The van der Waals surface area contributed by atoms with Gasteiger partial charge in [-0.25, -0.2) is 18.0 Å². The van der Waals surface area contributed by atoms with Crippen molar-refractivity contribution in [3.63, 3.8) is 0 Å². The Balaban J connectivity index is 1.86. The normalized spacial score (nSPS) is 11.3. The second-order valence-corrected chi connectivity index (χ2v) is 10.5. The predicted molar refractivity (Wildman–Crippen MR) is 124 cm³/mol. The standard InChI is InChI=1S/C22H20ClNO6S2/c1-13(2)30-22(26)16-6-4-5-15(11-16)18-12-19(31-20(18)23)32(27,28)24-17-9-7-14(8-10-17)21(25)29-3/h4-13,24H,1-3H3. The van der Waals surface area contributed by atoms with Crippen molar-refractivity contribution in [2.24, 2.45) is 0 Å². The number of halogens is 1. The average Bonchev–Trinajstić information content (AvgIpc) is 3.16. The molecule has 7 nitrogen and oxygen atoms in total. The Hall–Kier alpha value is -2.88. The van der Waals surface area contributed by atoms with E-state index in [9.17, 15) is 18.0 Å². The molecule has 3 aromatic rings. The van der Waals surface area contributed by atoms with Crippen molar-refractivity contribution in [3.05, 3.63) is 70.1 Å².